The standard InChI is InChI=1S/C12H12N4O/c1-2-10-14-9-6-4-3-5-8(9)12-15-13-7-11(17)16(10)12/h3-6,13H,2,7H2,1H3. The molecular weight excluding hydrogens is 216 g/mol. The van der Waals surface area contributed by atoms with E-state index in [4.69, 9.17) is 0 Å². The monoisotopic (exact) mass is 228 g/mol. The van der Waals surface area contributed by atoms with E-state index in [0.29, 0.717) is 12.3 Å². The van der Waals surface area contributed by atoms with Crippen LogP contribution in [0.25, 0.3) is 0 Å². The highest BCUT2D eigenvalue weighted by Crippen LogP contribution is 2.27. The van der Waals surface area contributed by atoms with Gasteiger partial charge in [0.05, 0.1) is 5.69 Å². The normalized spacial score (nSPS) is 17.7. The van der Waals surface area contributed by atoms with Crippen LogP contribution in [0, 0.1) is 0 Å². The van der Waals surface area contributed by atoms with E-state index in [1.54, 1.807) is 4.90 Å². The molecule has 0 spiro atoms. The molecule has 0 saturated heterocycles. The molecule has 0 atom stereocenters. The molecule has 1 amide bonds. The van der Waals surface area contributed by atoms with Crippen molar-refractivity contribution in [3.63, 3.8) is 0 Å². The molecule has 1 aromatic rings. The highest BCUT2D eigenvalue weighted by atomic mass is 16.2. The van der Waals surface area contributed by atoms with Gasteiger partial charge in [-0.05, 0) is 12.1 Å². The fourth-order valence-corrected chi connectivity index (χ4v) is 2.06. The maximum absolute atomic E-state index is 11.9. The Morgan fingerprint density at radius 2 is 2.24 bits per heavy atom. The molecule has 1 aromatic carbocycles. The van der Waals surface area contributed by atoms with Crippen LogP contribution in [-0.4, -0.2) is 29.0 Å². The smallest absolute Gasteiger partial charge is 0.254 e. The Morgan fingerprint density at radius 3 is 3.06 bits per heavy atom. The Labute approximate surface area is 98.8 Å². The van der Waals surface area contributed by atoms with Gasteiger partial charge in [-0.3, -0.25) is 10.2 Å². The first-order chi connectivity index (χ1) is 8.31. The van der Waals surface area contributed by atoms with Gasteiger partial charge in [0.1, 0.15) is 12.4 Å². The average Bonchev–Trinajstić information content (AvgIpc) is 2.38. The van der Waals surface area contributed by atoms with E-state index < -0.39 is 0 Å². The summed E-state index contributed by atoms with van der Waals surface area (Å²) >= 11 is 0. The van der Waals surface area contributed by atoms with Crippen LogP contribution in [0.15, 0.2) is 34.4 Å². The predicted octanol–water partition coefficient (Wildman–Crippen LogP) is 1.23. The molecular formula is C12H12N4O. The quantitative estimate of drug-likeness (QED) is 0.786. The average molecular weight is 228 g/mol. The van der Waals surface area contributed by atoms with Crippen LogP contribution in [0.5, 0.6) is 0 Å². The van der Waals surface area contributed by atoms with Crippen molar-refractivity contribution in [2.24, 2.45) is 10.1 Å². The third-order valence-corrected chi connectivity index (χ3v) is 2.85. The SMILES string of the molecule is CCC1=Nc2ccccc2C2=NNCC(=O)N12. The van der Waals surface area contributed by atoms with Crippen molar-refractivity contribution in [1.29, 1.82) is 0 Å². The molecule has 86 valence electrons. The van der Waals surface area contributed by atoms with Crippen molar-refractivity contribution in [2.75, 3.05) is 6.54 Å². The minimum Gasteiger partial charge on any atom is -0.299 e. The number of amidine groups is 2. The minimum atomic E-state index is -0.00916. The van der Waals surface area contributed by atoms with Crippen molar-refractivity contribution < 1.29 is 4.79 Å². The Hall–Kier alpha value is -2.17. The number of nitrogens with one attached hydrogen (secondary N) is 1. The molecule has 5 heteroatoms. The van der Waals surface area contributed by atoms with Gasteiger partial charge < -0.3 is 0 Å². The van der Waals surface area contributed by atoms with Gasteiger partial charge in [-0.2, -0.15) is 5.10 Å². The number of amides is 1. The van der Waals surface area contributed by atoms with Gasteiger partial charge in [0.15, 0.2) is 5.84 Å². The zero-order valence-corrected chi connectivity index (χ0v) is 9.47. The number of rotatable bonds is 1. The van der Waals surface area contributed by atoms with E-state index in [1.807, 2.05) is 31.2 Å². The molecule has 0 saturated carbocycles. The number of fused-ring (bicyclic) bond motifs is 3. The largest absolute Gasteiger partial charge is 0.299 e. The Balaban J connectivity index is 2.22. The second kappa shape index (κ2) is 3.69. The first-order valence-electron chi connectivity index (χ1n) is 5.61. The van der Waals surface area contributed by atoms with Crippen molar-refractivity contribution >= 4 is 23.3 Å². The van der Waals surface area contributed by atoms with Gasteiger partial charge in [0.25, 0.3) is 5.91 Å². The molecule has 1 N–H and O–H groups in total. The number of hydrogen-bond donors (Lipinski definition) is 1. The van der Waals surface area contributed by atoms with Crippen LogP contribution >= 0.6 is 0 Å². The highest BCUT2D eigenvalue weighted by Gasteiger charge is 2.32. The molecule has 0 aliphatic carbocycles. The summed E-state index contributed by atoms with van der Waals surface area (Å²) in [5.74, 6) is 1.41. The lowest BCUT2D eigenvalue weighted by atomic mass is 10.1. The van der Waals surface area contributed by atoms with Crippen molar-refractivity contribution in [1.82, 2.24) is 10.3 Å². The van der Waals surface area contributed by atoms with Crippen molar-refractivity contribution in [3.05, 3.63) is 29.8 Å². The van der Waals surface area contributed by atoms with Crippen molar-refractivity contribution in [3.8, 4) is 0 Å². The fraction of sp³-hybridized carbons (Fsp3) is 0.250. The third kappa shape index (κ3) is 1.43. The molecule has 0 unspecified atom stereocenters. The van der Waals surface area contributed by atoms with Crippen LogP contribution in [0.4, 0.5) is 5.69 Å². The first-order valence-corrected chi connectivity index (χ1v) is 5.61. The molecule has 0 radical (unpaired) electrons. The molecule has 3 rings (SSSR count). The molecule has 0 bridgehead atoms. The zero-order chi connectivity index (χ0) is 11.8. The summed E-state index contributed by atoms with van der Waals surface area (Å²) in [6.07, 6.45) is 0.707. The maximum Gasteiger partial charge on any atom is 0.254 e. The van der Waals surface area contributed by atoms with E-state index in [2.05, 4.69) is 15.5 Å². The molecule has 2 aliphatic heterocycles. The van der Waals surface area contributed by atoms with E-state index in [0.717, 1.165) is 17.1 Å². The first kappa shape index (κ1) is 10.0. The van der Waals surface area contributed by atoms with Gasteiger partial charge in [-0.15, -0.1) is 0 Å². The van der Waals surface area contributed by atoms with E-state index in [1.165, 1.54) is 0 Å². The summed E-state index contributed by atoms with van der Waals surface area (Å²) in [5, 5.41) is 4.23. The number of para-hydroxylation sites is 1. The number of aliphatic imine (C=N–C) groups is 1. The lowest BCUT2D eigenvalue weighted by molar-refractivity contribution is -0.124. The predicted molar refractivity (Wildman–Crippen MR) is 65.2 cm³/mol. The van der Waals surface area contributed by atoms with Crippen molar-refractivity contribution in [2.45, 2.75) is 13.3 Å². The lowest BCUT2D eigenvalue weighted by Crippen LogP contribution is -2.51. The van der Waals surface area contributed by atoms with E-state index in [-0.39, 0.29) is 12.5 Å². The number of hydrazone groups is 1. The molecule has 0 fully saturated rings. The summed E-state index contributed by atoms with van der Waals surface area (Å²) in [7, 11) is 0. The second-order valence-electron chi connectivity index (χ2n) is 3.90. The van der Waals surface area contributed by atoms with Gasteiger partial charge in [-0.25, -0.2) is 9.89 Å². The maximum atomic E-state index is 11.9. The third-order valence-electron chi connectivity index (χ3n) is 2.85. The Bertz CT molecular complexity index is 547. The molecule has 2 aliphatic rings. The van der Waals surface area contributed by atoms with Crippen LogP contribution in [-0.2, 0) is 4.79 Å². The fourth-order valence-electron chi connectivity index (χ4n) is 2.06. The Kier molecular flexibility index (Phi) is 2.18. The van der Waals surface area contributed by atoms with Gasteiger partial charge >= 0.3 is 0 Å². The number of benzene rings is 1. The summed E-state index contributed by atoms with van der Waals surface area (Å²) in [6.45, 7) is 2.21. The number of hydrogen-bond acceptors (Lipinski definition) is 4. The van der Waals surface area contributed by atoms with Gasteiger partial charge in [0.2, 0.25) is 0 Å². The summed E-state index contributed by atoms with van der Waals surface area (Å²) in [5.41, 5.74) is 4.53. The highest BCUT2D eigenvalue weighted by molar-refractivity contribution is 6.24. The summed E-state index contributed by atoms with van der Waals surface area (Å²) < 4.78 is 0. The number of nitrogens with zero attached hydrogens (tertiary/aromatic N) is 3. The molecule has 0 aromatic heterocycles. The van der Waals surface area contributed by atoms with Crippen LogP contribution < -0.4 is 5.43 Å². The van der Waals surface area contributed by atoms with Gasteiger partial charge in [-0.1, -0.05) is 19.1 Å². The van der Waals surface area contributed by atoms with Crippen LogP contribution in [0.3, 0.4) is 0 Å². The zero-order valence-electron chi connectivity index (χ0n) is 9.47. The van der Waals surface area contributed by atoms with Crippen LogP contribution in [0.2, 0.25) is 0 Å². The summed E-state index contributed by atoms with van der Waals surface area (Å²) in [6, 6.07) is 7.72. The number of carbonyl (C=O) groups is 1. The summed E-state index contributed by atoms with van der Waals surface area (Å²) in [4.78, 5) is 18.0. The molecule has 2 heterocycles. The Morgan fingerprint density at radius 1 is 1.41 bits per heavy atom. The molecule has 5 nitrogen and oxygen atoms in total. The van der Waals surface area contributed by atoms with Crippen LogP contribution in [0.1, 0.15) is 18.9 Å². The second-order valence-corrected chi connectivity index (χ2v) is 3.90. The number of carbonyl (C=O) groups excluding carboxylic acids is 1. The van der Waals surface area contributed by atoms with Gasteiger partial charge in [0, 0.05) is 12.0 Å². The van der Waals surface area contributed by atoms with E-state index in [9.17, 15) is 4.79 Å². The minimum absolute atomic E-state index is 0.00916. The molecule has 17 heavy (non-hydrogen) atoms. The van der Waals surface area contributed by atoms with E-state index >= 15 is 0 Å². The topological polar surface area (TPSA) is 57.1 Å². The lowest BCUT2D eigenvalue weighted by Gasteiger charge is -2.32.